The van der Waals surface area contributed by atoms with Crippen LogP contribution < -0.4 is 20.1 Å². The molecule has 3 aromatic carbocycles. The first-order valence-electron chi connectivity index (χ1n) is 13.2. The van der Waals surface area contributed by atoms with E-state index in [0.29, 0.717) is 35.0 Å². The van der Waals surface area contributed by atoms with E-state index in [1.165, 1.54) is 0 Å². The summed E-state index contributed by atoms with van der Waals surface area (Å²) in [5.74, 6) is -0.591. The highest BCUT2D eigenvalue weighted by atomic mass is 32.2. The Hall–Kier alpha value is -4.57. The molecular formula is C31H31N3O6S. The number of nitrogens with one attached hydrogen (secondary N) is 2. The fourth-order valence-corrected chi connectivity index (χ4v) is 4.84. The van der Waals surface area contributed by atoms with Gasteiger partial charge in [0.05, 0.1) is 11.5 Å². The molecule has 1 fully saturated rings. The van der Waals surface area contributed by atoms with Gasteiger partial charge in [0.25, 0.3) is 17.1 Å². The van der Waals surface area contributed by atoms with E-state index in [4.69, 9.17) is 9.47 Å². The number of carbonyl (C=O) groups excluding carboxylic acids is 4. The number of imide groups is 1. The number of hydrogen-bond donors (Lipinski definition) is 2. The van der Waals surface area contributed by atoms with Crippen molar-refractivity contribution in [2.75, 3.05) is 30.4 Å². The highest BCUT2D eigenvalue weighted by molar-refractivity contribution is 8.18. The average Bonchev–Trinajstić information content (AvgIpc) is 3.21. The topological polar surface area (TPSA) is 114 Å². The van der Waals surface area contributed by atoms with E-state index >= 15 is 0 Å². The minimum absolute atomic E-state index is 0.184. The van der Waals surface area contributed by atoms with Gasteiger partial charge in [-0.15, -0.1) is 0 Å². The van der Waals surface area contributed by atoms with Crippen LogP contribution in [0.1, 0.15) is 30.5 Å². The number of aryl methyl sites for hydroxylation is 2. The van der Waals surface area contributed by atoms with Crippen LogP contribution in [0.4, 0.5) is 16.2 Å². The van der Waals surface area contributed by atoms with E-state index in [0.717, 1.165) is 34.2 Å². The molecule has 0 spiro atoms. The lowest BCUT2D eigenvalue weighted by Gasteiger charge is -2.13. The summed E-state index contributed by atoms with van der Waals surface area (Å²) in [6.07, 6.45) is 2.44. The normalized spacial score (nSPS) is 13.8. The zero-order chi connectivity index (χ0) is 29.4. The number of carbonyl (C=O) groups is 4. The molecule has 10 heteroatoms. The van der Waals surface area contributed by atoms with Gasteiger partial charge in [0.1, 0.15) is 6.54 Å². The van der Waals surface area contributed by atoms with Crippen LogP contribution in [-0.4, -0.2) is 47.6 Å². The highest BCUT2D eigenvalue weighted by Gasteiger charge is 2.36. The Morgan fingerprint density at radius 3 is 2.37 bits per heavy atom. The number of benzene rings is 3. The number of anilines is 2. The van der Waals surface area contributed by atoms with Crippen molar-refractivity contribution in [2.45, 2.75) is 27.2 Å². The Kier molecular flexibility index (Phi) is 9.81. The summed E-state index contributed by atoms with van der Waals surface area (Å²) in [4.78, 5) is 51.5. The fraction of sp³-hybridized carbons (Fsp3) is 0.226. The van der Waals surface area contributed by atoms with Gasteiger partial charge in [0, 0.05) is 11.4 Å². The van der Waals surface area contributed by atoms with Gasteiger partial charge in [-0.2, -0.15) is 0 Å². The SMILES string of the molecule is CCOc1cc(/C=C2\SC(=O)N(CC(=O)Nc3ccc(CC)cc3)C2=O)ccc1OCC(=O)Nc1ccccc1C. The largest absolute Gasteiger partial charge is 0.490 e. The smallest absolute Gasteiger partial charge is 0.294 e. The summed E-state index contributed by atoms with van der Waals surface area (Å²) < 4.78 is 11.4. The fourth-order valence-electron chi connectivity index (χ4n) is 4.00. The van der Waals surface area contributed by atoms with Gasteiger partial charge in [0.2, 0.25) is 5.91 Å². The summed E-state index contributed by atoms with van der Waals surface area (Å²) in [7, 11) is 0. The molecule has 9 nitrogen and oxygen atoms in total. The monoisotopic (exact) mass is 573 g/mol. The van der Waals surface area contributed by atoms with Gasteiger partial charge < -0.3 is 20.1 Å². The van der Waals surface area contributed by atoms with Crippen molar-refractivity contribution in [3.05, 3.63) is 88.3 Å². The second kappa shape index (κ2) is 13.7. The molecule has 0 bridgehead atoms. The molecule has 1 heterocycles. The van der Waals surface area contributed by atoms with Crippen LogP contribution in [-0.2, 0) is 20.8 Å². The lowest BCUT2D eigenvalue weighted by Crippen LogP contribution is -2.36. The van der Waals surface area contributed by atoms with Gasteiger partial charge in [-0.1, -0.05) is 43.3 Å². The second-order valence-electron chi connectivity index (χ2n) is 9.16. The molecule has 1 aliphatic rings. The van der Waals surface area contributed by atoms with Gasteiger partial charge in [-0.3, -0.25) is 24.1 Å². The number of hydrogen-bond acceptors (Lipinski definition) is 7. The van der Waals surface area contributed by atoms with Gasteiger partial charge in [0.15, 0.2) is 18.1 Å². The maximum Gasteiger partial charge on any atom is 0.294 e. The van der Waals surface area contributed by atoms with Crippen LogP contribution in [0.15, 0.2) is 71.6 Å². The quantitative estimate of drug-likeness (QED) is 0.285. The van der Waals surface area contributed by atoms with Crippen molar-refractivity contribution in [3.8, 4) is 11.5 Å². The molecule has 0 unspecified atom stereocenters. The summed E-state index contributed by atoms with van der Waals surface area (Å²) in [5, 5.41) is 5.01. The maximum atomic E-state index is 13.0. The van der Waals surface area contributed by atoms with Crippen LogP contribution >= 0.6 is 11.8 Å². The first kappa shape index (κ1) is 29.4. The predicted molar refractivity (Wildman–Crippen MR) is 160 cm³/mol. The zero-order valence-electron chi connectivity index (χ0n) is 23.1. The molecule has 3 aromatic rings. The summed E-state index contributed by atoms with van der Waals surface area (Å²) in [6.45, 7) is 5.49. The Bertz CT molecular complexity index is 1490. The summed E-state index contributed by atoms with van der Waals surface area (Å²) >= 11 is 0.763. The van der Waals surface area contributed by atoms with Crippen molar-refractivity contribution >= 4 is 52.2 Å². The Labute approximate surface area is 242 Å². The van der Waals surface area contributed by atoms with Crippen LogP contribution in [0.3, 0.4) is 0 Å². The second-order valence-corrected chi connectivity index (χ2v) is 10.2. The highest BCUT2D eigenvalue weighted by Crippen LogP contribution is 2.34. The summed E-state index contributed by atoms with van der Waals surface area (Å²) in [5.41, 5.74) is 3.96. The standard InChI is InChI=1S/C31H31N3O6S/c1-4-21-10-13-23(14-11-21)32-28(35)18-34-30(37)27(41-31(34)38)17-22-12-15-25(26(16-22)39-5-2)40-19-29(36)33-24-9-7-6-8-20(24)3/h6-17H,4-5,18-19H2,1-3H3,(H,32,35)(H,33,36)/b27-17-. The lowest BCUT2D eigenvalue weighted by molar-refractivity contribution is -0.127. The molecule has 4 rings (SSSR count). The van der Waals surface area contributed by atoms with Crippen molar-refractivity contribution in [1.82, 2.24) is 4.90 Å². The van der Waals surface area contributed by atoms with Gasteiger partial charge in [-0.05, 0) is 85.1 Å². The number of amides is 4. The number of thioether (sulfide) groups is 1. The van der Waals surface area contributed by atoms with Crippen LogP contribution in [0.25, 0.3) is 6.08 Å². The van der Waals surface area contributed by atoms with Crippen molar-refractivity contribution < 1.29 is 28.7 Å². The first-order chi connectivity index (χ1) is 19.8. The maximum absolute atomic E-state index is 13.0. The van der Waals surface area contributed by atoms with Crippen molar-refractivity contribution in [2.24, 2.45) is 0 Å². The van der Waals surface area contributed by atoms with E-state index in [2.05, 4.69) is 10.6 Å². The van der Waals surface area contributed by atoms with E-state index in [1.807, 2.05) is 57.2 Å². The number of rotatable bonds is 11. The Morgan fingerprint density at radius 1 is 0.902 bits per heavy atom. The molecule has 1 saturated heterocycles. The van der Waals surface area contributed by atoms with E-state index in [9.17, 15) is 19.2 Å². The molecule has 1 aliphatic heterocycles. The molecule has 4 amide bonds. The first-order valence-corrected chi connectivity index (χ1v) is 14.0. The van der Waals surface area contributed by atoms with Gasteiger partial charge in [-0.25, -0.2) is 0 Å². The third kappa shape index (κ3) is 7.76. The van der Waals surface area contributed by atoms with E-state index in [1.54, 1.807) is 36.4 Å². The number of para-hydroxylation sites is 1. The van der Waals surface area contributed by atoms with Crippen molar-refractivity contribution in [1.29, 1.82) is 0 Å². The molecule has 41 heavy (non-hydrogen) atoms. The third-order valence-corrected chi connectivity index (χ3v) is 7.07. The van der Waals surface area contributed by atoms with Crippen LogP contribution in [0, 0.1) is 6.92 Å². The third-order valence-electron chi connectivity index (χ3n) is 6.16. The predicted octanol–water partition coefficient (Wildman–Crippen LogP) is 5.65. The van der Waals surface area contributed by atoms with Crippen LogP contribution in [0.2, 0.25) is 0 Å². The van der Waals surface area contributed by atoms with E-state index in [-0.39, 0.29) is 24.0 Å². The molecular weight excluding hydrogens is 542 g/mol. The number of ether oxygens (including phenoxy) is 2. The molecule has 0 radical (unpaired) electrons. The average molecular weight is 574 g/mol. The number of nitrogens with zero attached hydrogens (tertiary/aromatic N) is 1. The molecule has 2 N–H and O–H groups in total. The minimum atomic E-state index is -0.553. The zero-order valence-corrected chi connectivity index (χ0v) is 23.9. The Balaban J connectivity index is 1.39. The van der Waals surface area contributed by atoms with E-state index < -0.39 is 17.1 Å². The summed E-state index contributed by atoms with van der Waals surface area (Å²) in [6, 6.07) is 19.8. The molecule has 0 atom stereocenters. The molecule has 0 aliphatic carbocycles. The molecule has 0 saturated carbocycles. The van der Waals surface area contributed by atoms with Gasteiger partial charge >= 0.3 is 0 Å². The molecule has 212 valence electrons. The Morgan fingerprint density at radius 2 is 1.66 bits per heavy atom. The molecule has 0 aromatic heterocycles. The van der Waals surface area contributed by atoms with Crippen LogP contribution in [0.5, 0.6) is 11.5 Å². The lowest BCUT2D eigenvalue weighted by atomic mass is 10.1. The minimum Gasteiger partial charge on any atom is -0.490 e. The van der Waals surface area contributed by atoms with Crippen molar-refractivity contribution in [3.63, 3.8) is 0 Å².